The highest BCUT2D eigenvalue weighted by molar-refractivity contribution is 5.54. The number of rotatable bonds is 0. The minimum atomic E-state index is 0.300. The van der Waals surface area contributed by atoms with Gasteiger partial charge in [-0.1, -0.05) is 0 Å². The molecule has 2 heteroatoms. The zero-order valence-electron chi connectivity index (χ0n) is 4.99. The first-order chi connectivity index (χ1) is 4.37. The van der Waals surface area contributed by atoms with E-state index in [1.54, 1.807) is 0 Å². The summed E-state index contributed by atoms with van der Waals surface area (Å²) < 4.78 is 0. The van der Waals surface area contributed by atoms with Crippen LogP contribution in [0.25, 0.3) is 0 Å². The smallest absolute Gasteiger partial charge is 0.0786 e. The molecular formula is C7H8N2. The molecule has 0 aromatic heterocycles. The van der Waals surface area contributed by atoms with Crippen molar-refractivity contribution in [2.75, 3.05) is 0 Å². The molecule has 3 aliphatic heterocycles. The third kappa shape index (κ3) is 0.0955. The Morgan fingerprint density at radius 1 is 1.11 bits per heavy atom. The van der Waals surface area contributed by atoms with Crippen LogP contribution in [0.5, 0.6) is 0 Å². The summed E-state index contributed by atoms with van der Waals surface area (Å²) in [7, 11) is 0. The summed E-state index contributed by atoms with van der Waals surface area (Å²) in [5.41, 5.74) is 6.41. The van der Waals surface area contributed by atoms with Gasteiger partial charge in [-0.15, -0.1) is 0 Å². The second kappa shape index (κ2) is 0.523. The second-order valence-electron chi connectivity index (χ2n) is 4.48. The Bertz CT molecular complexity index is 209. The Balaban J connectivity index is 1.93. The predicted molar refractivity (Wildman–Crippen MR) is 30.3 cm³/mol. The van der Waals surface area contributed by atoms with E-state index >= 15 is 0 Å². The van der Waals surface area contributed by atoms with Crippen molar-refractivity contribution < 1.29 is 0 Å². The maximum atomic E-state index is 6.11. The minimum Gasteiger partial charge on any atom is -0.313 e. The number of piperidine rings is 12. The first kappa shape index (κ1) is 3.35. The van der Waals surface area contributed by atoms with Gasteiger partial charge in [-0.2, -0.15) is 0 Å². The van der Waals surface area contributed by atoms with E-state index in [0.29, 0.717) is 5.66 Å². The van der Waals surface area contributed by atoms with Gasteiger partial charge in [0.05, 0.1) is 5.66 Å². The molecule has 6 fully saturated rings. The van der Waals surface area contributed by atoms with Gasteiger partial charge in [0, 0.05) is 23.9 Å². The van der Waals surface area contributed by atoms with E-state index in [1.807, 2.05) is 0 Å². The van der Waals surface area contributed by atoms with Crippen LogP contribution in [-0.4, -0.2) is 22.6 Å². The SMILES string of the molecule is NC12[C@@H]3C4C5[C@H]3N1[C@H]5[C@H]42. The molecular weight excluding hydrogens is 112 g/mol. The summed E-state index contributed by atoms with van der Waals surface area (Å²) in [6.07, 6.45) is 0. The van der Waals surface area contributed by atoms with Crippen molar-refractivity contribution in [1.82, 2.24) is 4.90 Å². The fraction of sp³-hybridized carbons (Fsp3) is 1.00. The number of hydrogen-bond acceptors (Lipinski definition) is 2. The van der Waals surface area contributed by atoms with Crippen molar-refractivity contribution >= 4 is 0 Å². The molecule has 9 heavy (non-hydrogen) atoms. The van der Waals surface area contributed by atoms with Crippen molar-refractivity contribution in [1.29, 1.82) is 0 Å². The molecule has 6 aliphatic rings. The van der Waals surface area contributed by atoms with Crippen molar-refractivity contribution in [2.24, 2.45) is 29.4 Å². The lowest BCUT2D eigenvalue weighted by Crippen LogP contribution is -3.19. The standard InChI is InChI=1S/C7H8N2/c8-7-3-1-2-5(3)9(7)6(2)4(1)7/h1-6H,8H2/t1?,2?,3-,4+,5-,6-,7?/m1/s1. The molecule has 3 aliphatic carbocycles. The van der Waals surface area contributed by atoms with Crippen molar-refractivity contribution in [2.45, 2.75) is 17.7 Å². The minimum absolute atomic E-state index is 0.300. The average molecular weight is 120 g/mol. The monoisotopic (exact) mass is 120 g/mol. The quantitative estimate of drug-likeness (QED) is 0.454. The van der Waals surface area contributed by atoms with E-state index < -0.39 is 0 Å². The van der Waals surface area contributed by atoms with Gasteiger partial charge in [0.25, 0.3) is 0 Å². The van der Waals surface area contributed by atoms with Crippen LogP contribution in [0.15, 0.2) is 0 Å². The Morgan fingerprint density at radius 2 is 1.78 bits per heavy atom. The Morgan fingerprint density at radius 3 is 2.00 bits per heavy atom. The first-order valence-corrected chi connectivity index (χ1v) is 3.94. The molecule has 0 radical (unpaired) electrons. The molecule has 2 nitrogen and oxygen atoms in total. The van der Waals surface area contributed by atoms with Crippen LogP contribution in [0, 0.1) is 23.7 Å². The molecule has 3 saturated carbocycles. The number of nitrogens with zero attached hydrogens (tertiary/aromatic N) is 1. The molecule has 3 heterocycles. The molecule has 2 N–H and O–H groups in total. The van der Waals surface area contributed by atoms with Crippen molar-refractivity contribution in [3.8, 4) is 0 Å². The van der Waals surface area contributed by atoms with Gasteiger partial charge in [-0.3, -0.25) is 4.90 Å². The van der Waals surface area contributed by atoms with Gasteiger partial charge >= 0.3 is 0 Å². The van der Waals surface area contributed by atoms with E-state index in [1.165, 1.54) is 0 Å². The normalized spacial score (nSPS) is 99.7. The summed E-state index contributed by atoms with van der Waals surface area (Å²) in [6, 6.07) is 2.02. The van der Waals surface area contributed by atoms with Crippen LogP contribution in [0.4, 0.5) is 0 Å². The van der Waals surface area contributed by atoms with E-state index in [0.717, 1.165) is 35.8 Å². The molecule has 0 spiro atoms. The fourth-order valence-electron chi connectivity index (χ4n) is 4.78. The third-order valence-electron chi connectivity index (χ3n) is 4.96. The van der Waals surface area contributed by atoms with E-state index in [-0.39, 0.29) is 0 Å². The predicted octanol–water partition coefficient (Wildman–Crippen LogP) is -0.787. The number of nitrogens with two attached hydrogens (primary N) is 1. The summed E-state index contributed by atoms with van der Waals surface area (Å²) in [5.74, 6) is 4.26. The van der Waals surface area contributed by atoms with E-state index in [2.05, 4.69) is 4.90 Å². The molecule has 6 rings (SSSR count). The summed E-state index contributed by atoms with van der Waals surface area (Å²) in [6.45, 7) is 0. The summed E-state index contributed by atoms with van der Waals surface area (Å²) >= 11 is 0. The Hall–Kier alpha value is -0.0800. The summed E-state index contributed by atoms with van der Waals surface area (Å²) in [5, 5.41) is 0. The highest BCUT2D eigenvalue weighted by Crippen LogP contribution is 2.93. The molecule has 7 atom stereocenters. The van der Waals surface area contributed by atoms with Gasteiger partial charge in [0.15, 0.2) is 0 Å². The average Bonchev–Trinajstić information content (AvgIpc) is 1.88. The molecule has 3 saturated heterocycles. The zero-order chi connectivity index (χ0) is 5.54. The Labute approximate surface area is 53.0 Å². The molecule has 0 aromatic carbocycles. The van der Waals surface area contributed by atoms with Gasteiger partial charge < -0.3 is 5.73 Å². The molecule has 0 aromatic rings. The van der Waals surface area contributed by atoms with Gasteiger partial charge in [-0.25, -0.2) is 0 Å². The largest absolute Gasteiger partial charge is 0.313 e. The highest BCUT2D eigenvalue weighted by atomic mass is 15.6. The zero-order valence-corrected chi connectivity index (χ0v) is 4.99. The van der Waals surface area contributed by atoms with Crippen LogP contribution >= 0.6 is 0 Å². The summed E-state index contributed by atoms with van der Waals surface area (Å²) in [4.78, 5) is 2.56. The lowest BCUT2D eigenvalue weighted by atomic mass is 9.14. The lowest BCUT2D eigenvalue weighted by molar-refractivity contribution is -0.592. The molecule has 0 bridgehead atoms. The maximum Gasteiger partial charge on any atom is 0.0786 e. The highest BCUT2D eigenvalue weighted by Gasteiger charge is 3.03. The molecule has 3 unspecified atom stereocenters. The van der Waals surface area contributed by atoms with Crippen LogP contribution in [-0.2, 0) is 0 Å². The first-order valence-electron chi connectivity index (χ1n) is 3.94. The van der Waals surface area contributed by atoms with Crippen molar-refractivity contribution in [3.63, 3.8) is 0 Å². The van der Waals surface area contributed by atoms with E-state index in [9.17, 15) is 0 Å². The molecule has 0 amide bonds. The van der Waals surface area contributed by atoms with Crippen LogP contribution in [0.3, 0.4) is 0 Å². The third-order valence-corrected chi connectivity index (χ3v) is 4.96. The van der Waals surface area contributed by atoms with Crippen LogP contribution < -0.4 is 5.73 Å². The Kier molecular flexibility index (Phi) is 0.195. The van der Waals surface area contributed by atoms with Gasteiger partial charge in [0.1, 0.15) is 0 Å². The second-order valence-corrected chi connectivity index (χ2v) is 4.48. The van der Waals surface area contributed by atoms with Gasteiger partial charge in [-0.05, 0) is 11.8 Å². The van der Waals surface area contributed by atoms with Crippen LogP contribution in [0.1, 0.15) is 0 Å². The topological polar surface area (TPSA) is 29.3 Å². The maximum absolute atomic E-state index is 6.11. The fourth-order valence-corrected chi connectivity index (χ4v) is 4.78. The van der Waals surface area contributed by atoms with Gasteiger partial charge in [0.2, 0.25) is 0 Å². The lowest BCUT2D eigenvalue weighted by Gasteiger charge is -3.07. The number of hydrogen-bond donors (Lipinski definition) is 1. The van der Waals surface area contributed by atoms with E-state index in [4.69, 9.17) is 5.73 Å². The molecule has 46 valence electrons. The van der Waals surface area contributed by atoms with Crippen LogP contribution in [0.2, 0.25) is 0 Å². The van der Waals surface area contributed by atoms with Crippen molar-refractivity contribution in [3.05, 3.63) is 0 Å².